The number of hydrogen-bond acceptors (Lipinski definition) is 5. The van der Waals surface area contributed by atoms with Crippen molar-refractivity contribution in [3.05, 3.63) is 5.82 Å². The molecule has 178 valence electrons. The van der Waals surface area contributed by atoms with Crippen LogP contribution in [-0.4, -0.2) is 59.8 Å². The summed E-state index contributed by atoms with van der Waals surface area (Å²) in [5, 5.41) is 16.7. The van der Waals surface area contributed by atoms with E-state index in [1.165, 1.54) is 64.2 Å². The van der Waals surface area contributed by atoms with Gasteiger partial charge in [-0.05, 0) is 38.4 Å². The molecular formula is C22H41IN6OS. The van der Waals surface area contributed by atoms with Crippen LogP contribution in [0.15, 0.2) is 10.1 Å². The SMILES string of the molecule is CN=C(NCCCc1nnc(SC)n1C1CCCC1)NCCOC1CCCCCC1.I. The first kappa shape index (κ1) is 26.7. The smallest absolute Gasteiger partial charge is 0.191 e. The fraction of sp³-hybridized carbons (Fsp3) is 0.864. The highest BCUT2D eigenvalue weighted by atomic mass is 127. The first-order valence-electron chi connectivity index (χ1n) is 11.9. The van der Waals surface area contributed by atoms with Crippen molar-refractivity contribution < 1.29 is 4.74 Å². The molecule has 2 saturated carbocycles. The second-order valence-electron chi connectivity index (χ2n) is 8.42. The largest absolute Gasteiger partial charge is 0.376 e. The van der Waals surface area contributed by atoms with Crippen LogP contribution in [-0.2, 0) is 11.2 Å². The summed E-state index contributed by atoms with van der Waals surface area (Å²) in [4.78, 5) is 4.33. The highest BCUT2D eigenvalue weighted by Gasteiger charge is 2.23. The topological polar surface area (TPSA) is 76.4 Å². The second-order valence-corrected chi connectivity index (χ2v) is 9.20. The summed E-state index contributed by atoms with van der Waals surface area (Å²) in [6.45, 7) is 2.41. The number of aliphatic imine (C=N–C) groups is 1. The summed E-state index contributed by atoms with van der Waals surface area (Å²) in [6.07, 6.45) is 17.5. The number of nitrogens with zero attached hydrogens (tertiary/aromatic N) is 4. The fourth-order valence-electron chi connectivity index (χ4n) is 4.62. The van der Waals surface area contributed by atoms with Crippen molar-refractivity contribution in [2.45, 2.75) is 94.4 Å². The molecule has 0 bridgehead atoms. The van der Waals surface area contributed by atoms with Gasteiger partial charge in [-0.25, -0.2) is 0 Å². The average Bonchev–Trinajstić information content (AvgIpc) is 3.36. The quantitative estimate of drug-likeness (QED) is 0.108. The van der Waals surface area contributed by atoms with Crippen LogP contribution in [0.3, 0.4) is 0 Å². The van der Waals surface area contributed by atoms with Gasteiger partial charge in [0.05, 0.1) is 12.7 Å². The Bertz CT molecular complexity index is 642. The third kappa shape index (κ3) is 8.72. The van der Waals surface area contributed by atoms with Crippen LogP contribution < -0.4 is 10.6 Å². The van der Waals surface area contributed by atoms with Crippen molar-refractivity contribution in [2.75, 3.05) is 33.0 Å². The van der Waals surface area contributed by atoms with Gasteiger partial charge in [0, 0.05) is 32.6 Å². The van der Waals surface area contributed by atoms with E-state index in [9.17, 15) is 0 Å². The van der Waals surface area contributed by atoms with Gasteiger partial charge in [0.15, 0.2) is 11.1 Å². The van der Waals surface area contributed by atoms with Gasteiger partial charge >= 0.3 is 0 Å². The van der Waals surface area contributed by atoms with Crippen molar-refractivity contribution in [1.29, 1.82) is 0 Å². The number of nitrogens with one attached hydrogen (secondary N) is 2. The molecule has 0 amide bonds. The number of aromatic nitrogens is 3. The Morgan fingerprint density at radius 1 is 1.03 bits per heavy atom. The molecule has 2 aliphatic rings. The monoisotopic (exact) mass is 564 g/mol. The fourth-order valence-corrected chi connectivity index (χ4v) is 5.20. The Balaban J connectivity index is 0.00000341. The minimum absolute atomic E-state index is 0. The molecule has 0 atom stereocenters. The van der Waals surface area contributed by atoms with E-state index in [1.54, 1.807) is 11.8 Å². The molecule has 2 N–H and O–H groups in total. The minimum atomic E-state index is 0. The van der Waals surface area contributed by atoms with Crippen molar-refractivity contribution in [3.63, 3.8) is 0 Å². The van der Waals surface area contributed by atoms with E-state index >= 15 is 0 Å². The van der Waals surface area contributed by atoms with Crippen LogP contribution in [0, 0.1) is 0 Å². The van der Waals surface area contributed by atoms with Crippen LogP contribution >= 0.6 is 35.7 Å². The third-order valence-electron chi connectivity index (χ3n) is 6.25. The zero-order valence-corrected chi connectivity index (χ0v) is 22.4. The predicted octanol–water partition coefficient (Wildman–Crippen LogP) is 4.57. The van der Waals surface area contributed by atoms with E-state index in [1.807, 2.05) is 7.05 Å². The van der Waals surface area contributed by atoms with Crippen LogP contribution in [0.1, 0.15) is 82.5 Å². The average molecular weight is 565 g/mol. The molecule has 7 nitrogen and oxygen atoms in total. The summed E-state index contributed by atoms with van der Waals surface area (Å²) >= 11 is 1.71. The minimum Gasteiger partial charge on any atom is -0.376 e. The van der Waals surface area contributed by atoms with Crippen molar-refractivity contribution in [3.8, 4) is 0 Å². The Labute approximate surface area is 209 Å². The zero-order valence-electron chi connectivity index (χ0n) is 19.3. The standard InChI is InChI=1S/C22H40N6OS.HI/c1-23-21(25-16-17-29-19-12-5-3-4-6-13-19)24-15-9-14-20-26-27-22(30-2)28(20)18-10-7-8-11-18;/h18-19H,3-17H2,1-2H3,(H2,23,24,25);1H. The van der Waals surface area contributed by atoms with Crippen molar-refractivity contribution in [1.82, 2.24) is 25.4 Å². The molecule has 3 rings (SSSR count). The predicted molar refractivity (Wildman–Crippen MR) is 140 cm³/mol. The van der Waals surface area contributed by atoms with Crippen molar-refractivity contribution >= 4 is 41.7 Å². The number of rotatable bonds is 10. The normalized spacial score (nSPS) is 18.6. The Morgan fingerprint density at radius 3 is 2.39 bits per heavy atom. The second kappa shape index (κ2) is 15.3. The zero-order chi connectivity index (χ0) is 21.0. The summed E-state index contributed by atoms with van der Waals surface area (Å²) in [5.74, 6) is 1.98. The number of guanidine groups is 1. The van der Waals surface area contributed by atoms with Crippen molar-refractivity contribution in [2.24, 2.45) is 4.99 Å². The lowest BCUT2D eigenvalue weighted by Crippen LogP contribution is -2.39. The summed E-state index contributed by atoms with van der Waals surface area (Å²) < 4.78 is 8.45. The summed E-state index contributed by atoms with van der Waals surface area (Å²) in [7, 11) is 1.82. The molecule has 0 spiro atoms. The molecule has 1 aromatic rings. The lowest BCUT2D eigenvalue weighted by atomic mass is 10.1. The molecule has 0 aliphatic heterocycles. The van der Waals surface area contributed by atoms with E-state index in [2.05, 4.69) is 36.6 Å². The molecular weight excluding hydrogens is 523 g/mol. The maximum Gasteiger partial charge on any atom is 0.191 e. The maximum atomic E-state index is 6.05. The molecule has 1 heterocycles. The Hall–Kier alpha value is -0.550. The number of hydrogen-bond donors (Lipinski definition) is 2. The van der Waals surface area contributed by atoms with E-state index < -0.39 is 0 Å². The number of aryl methyl sites for hydroxylation is 1. The number of ether oxygens (including phenoxy) is 1. The highest BCUT2D eigenvalue weighted by molar-refractivity contribution is 14.0. The molecule has 2 fully saturated rings. The van der Waals surface area contributed by atoms with Gasteiger partial charge < -0.3 is 19.9 Å². The third-order valence-corrected chi connectivity index (χ3v) is 6.89. The van der Waals surface area contributed by atoms with Gasteiger partial charge in [0.25, 0.3) is 0 Å². The maximum absolute atomic E-state index is 6.05. The molecule has 0 radical (unpaired) electrons. The Kier molecular flexibility index (Phi) is 13.2. The molecule has 2 aliphatic carbocycles. The summed E-state index contributed by atoms with van der Waals surface area (Å²) in [5.41, 5.74) is 0. The van der Waals surface area contributed by atoms with Crippen LogP contribution in [0.25, 0.3) is 0 Å². The van der Waals surface area contributed by atoms with E-state index in [-0.39, 0.29) is 24.0 Å². The van der Waals surface area contributed by atoms with Gasteiger partial charge in [-0.3, -0.25) is 4.99 Å². The van der Waals surface area contributed by atoms with Crippen LogP contribution in [0.4, 0.5) is 0 Å². The lowest BCUT2D eigenvalue weighted by Gasteiger charge is -2.17. The van der Waals surface area contributed by atoms with E-state index in [4.69, 9.17) is 4.74 Å². The molecule has 31 heavy (non-hydrogen) atoms. The van der Waals surface area contributed by atoms with Gasteiger partial charge in [-0.2, -0.15) is 0 Å². The molecule has 0 unspecified atom stereocenters. The molecule has 0 aromatic carbocycles. The van der Waals surface area contributed by atoms with Gasteiger partial charge in [-0.1, -0.05) is 50.3 Å². The van der Waals surface area contributed by atoms with Gasteiger partial charge in [0.1, 0.15) is 5.82 Å². The molecule has 9 heteroatoms. The van der Waals surface area contributed by atoms with E-state index in [0.717, 1.165) is 49.5 Å². The summed E-state index contributed by atoms with van der Waals surface area (Å²) in [6, 6.07) is 0.591. The highest BCUT2D eigenvalue weighted by Crippen LogP contribution is 2.33. The van der Waals surface area contributed by atoms with E-state index in [0.29, 0.717) is 12.1 Å². The number of thioether (sulfide) groups is 1. The van der Waals surface area contributed by atoms with Crippen LogP contribution in [0.2, 0.25) is 0 Å². The molecule has 1 aromatic heterocycles. The van der Waals surface area contributed by atoms with Gasteiger partial charge in [0.2, 0.25) is 0 Å². The lowest BCUT2D eigenvalue weighted by molar-refractivity contribution is 0.0468. The first-order valence-corrected chi connectivity index (χ1v) is 13.1. The number of halogens is 1. The first-order chi connectivity index (χ1) is 14.8. The molecule has 0 saturated heterocycles. The van der Waals surface area contributed by atoms with Gasteiger partial charge in [-0.15, -0.1) is 34.2 Å². The Morgan fingerprint density at radius 2 is 1.71 bits per heavy atom. The van der Waals surface area contributed by atoms with Crippen LogP contribution in [0.5, 0.6) is 0 Å².